The summed E-state index contributed by atoms with van der Waals surface area (Å²) in [5.74, 6) is 0. The van der Waals surface area contributed by atoms with Gasteiger partial charge in [-0.05, 0) is 52.1 Å². The van der Waals surface area contributed by atoms with E-state index in [0.717, 1.165) is 19.5 Å². The van der Waals surface area contributed by atoms with E-state index in [4.69, 9.17) is 5.11 Å². The first-order valence-corrected chi connectivity index (χ1v) is 6.96. The predicted molar refractivity (Wildman–Crippen MR) is 67.1 cm³/mol. The minimum Gasteiger partial charge on any atom is -0.396 e. The molecular weight excluding hydrogens is 274 g/mol. The second-order valence-electron chi connectivity index (χ2n) is 4.27. The average Bonchev–Trinajstić information content (AvgIpc) is 2.85. The third-order valence-electron chi connectivity index (χ3n) is 3.08. The van der Waals surface area contributed by atoms with Gasteiger partial charge in [0.25, 0.3) is 0 Å². The largest absolute Gasteiger partial charge is 0.396 e. The Bertz CT molecular complexity index is 322. The molecule has 0 bridgehead atoms. The lowest BCUT2D eigenvalue weighted by atomic mass is 10.0. The number of thiophene rings is 1. The lowest BCUT2D eigenvalue weighted by Gasteiger charge is -2.14. The van der Waals surface area contributed by atoms with E-state index in [-0.39, 0.29) is 0 Å². The molecule has 0 amide bonds. The van der Waals surface area contributed by atoms with Crippen LogP contribution in [0.25, 0.3) is 0 Å². The van der Waals surface area contributed by atoms with Crippen LogP contribution in [0.3, 0.4) is 0 Å². The van der Waals surface area contributed by atoms with Gasteiger partial charge in [-0.3, -0.25) is 0 Å². The molecule has 1 heterocycles. The summed E-state index contributed by atoms with van der Waals surface area (Å²) in [6, 6.07) is 2.09. The van der Waals surface area contributed by atoms with Crippen molar-refractivity contribution in [1.82, 2.24) is 5.32 Å². The molecule has 0 aromatic carbocycles. The van der Waals surface area contributed by atoms with E-state index in [1.807, 2.05) is 0 Å². The van der Waals surface area contributed by atoms with Gasteiger partial charge < -0.3 is 10.4 Å². The summed E-state index contributed by atoms with van der Waals surface area (Å²) in [6.07, 6.45) is 3.49. The molecule has 15 heavy (non-hydrogen) atoms. The fourth-order valence-corrected chi connectivity index (χ4v) is 3.28. The van der Waals surface area contributed by atoms with Crippen molar-refractivity contribution in [3.63, 3.8) is 0 Å². The molecule has 0 spiro atoms. The molecule has 1 aromatic rings. The van der Waals surface area contributed by atoms with E-state index >= 15 is 0 Å². The summed E-state index contributed by atoms with van der Waals surface area (Å²) in [5, 5.41) is 14.5. The van der Waals surface area contributed by atoms with Crippen LogP contribution in [0.15, 0.2) is 15.9 Å². The Kier molecular flexibility index (Phi) is 3.83. The van der Waals surface area contributed by atoms with Gasteiger partial charge in [0.1, 0.15) is 0 Å². The lowest BCUT2D eigenvalue weighted by molar-refractivity contribution is 0.245. The highest BCUT2D eigenvalue weighted by Crippen LogP contribution is 2.47. The molecule has 4 heteroatoms. The van der Waals surface area contributed by atoms with Crippen LogP contribution < -0.4 is 5.32 Å². The van der Waals surface area contributed by atoms with E-state index in [2.05, 4.69) is 32.7 Å². The molecule has 0 unspecified atom stereocenters. The van der Waals surface area contributed by atoms with Crippen molar-refractivity contribution in [2.75, 3.05) is 13.2 Å². The van der Waals surface area contributed by atoms with Gasteiger partial charge in [-0.1, -0.05) is 0 Å². The Balaban J connectivity index is 1.73. The van der Waals surface area contributed by atoms with Gasteiger partial charge in [-0.25, -0.2) is 0 Å². The molecule has 0 radical (unpaired) electrons. The monoisotopic (exact) mass is 289 g/mol. The zero-order valence-corrected chi connectivity index (χ0v) is 11.0. The van der Waals surface area contributed by atoms with Crippen molar-refractivity contribution < 1.29 is 5.11 Å². The number of aliphatic hydroxyl groups is 1. The van der Waals surface area contributed by atoms with Crippen LogP contribution in [-0.2, 0) is 6.54 Å². The summed E-state index contributed by atoms with van der Waals surface area (Å²) in [6.45, 7) is 2.30. The molecule has 1 fully saturated rings. The zero-order valence-electron chi connectivity index (χ0n) is 8.63. The first-order chi connectivity index (χ1) is 7.26. The van der Waals surface area contributed by atoms with Gasteiger partial charge in [-0.2, -0.15) is 0 Å². The standard InChI is InChI=1S/C11H16BrNOS/c12-9-1-6-15-10(9)7-13-8-11(2-3-11)4-5-14/h1,6,13-14H,2-5,7-8H2. The molecule has 1 aliphatic rings. The van der Waals surface area contributed by atoms with Gasteiger partial charge in [0, 0.05) is 29.0 Å². The van der Waals surface area contributed by atoms with E-state index in [1.165, 1.54) is 22.2 Å². The lowest BCUT2D eigenvalue weighted by Crippen LogP contribution is -2.24. The highest BCUT2D eigenvalue weighted by atomic mass is 79.9. The Morgan fingerprint density at radius 1 is 1.53 bits per heavy atom. The van der Waals surface area contributed by atoms with Crippen molar-refractivity contribution in [1.29, 1.82) is 0 Å². The Morgan fingerprint density at radius 2 is 2.33 bits per heavy atom. The van der Waals surface area contributed by atoms with Gasteiger partial charge in [0.15, 0.2) is 0 Å². The summed E-state index contributed by atoms with van der Waals surface area (Å²) < 4.78 is 1.20. The Labute approximate surface area is 103 Å². The molecule has 0 saturated heterocycles. The third-order valence-corrected chi connectivity index (χ3v) is 5.00. The fraction of sp³-hybridized carbons (Fsp3) is 0.636. The van der Waals surface area contributed by atoms with Crippen molar-refractivity contribution in [3.8, 4) is 0 Å². The molecule has 2 N–H and O–H groups in total. The van der Waals surface area contributed by atoms with Gasteiger partial charge >= 0.3 is 0 Å². The van der Waals surface area contributed by atoms with E-state index in [9.17, 15) is 0 Å². The van der Waals surface area contributed by atoms with Gasteiger partial charge in [-0.15, -0.1) is 11.3 Å². The van der Waals surface area contributed by atoms with Crippen LogP contribution in [0.1, 0.15) is 24.1 Å². The molecule has 0 atom stereocenters. The Morgan fingerprint density at radius 3 is 2.87 bits per heavy atom. The van der Waals surface area contributed by atoms with Crippen molar-refractivity contribution in [3.05, 3.63) is 20.8 Å². The zero-order chi connectivity index (χ0) is 10.7. The predicted octanol–water partition coefficient (Wildman–Crippen LogP) is 2.76. The maximum Gasteiger partial charge on any atom is 0.0436 e. The maximum absolute atomic E-state index is 8.94. The van der Waals surface area contributed by atoms with Crippen LogP contribution in [0.4, 0.5) is 0 Å². The normalized spacial score (nSPS) is 18.0. The topological polar surface area (TPSA) is 32.3 Å². The average molecular weight is 290 g/mol. The Hall–Kier alpha value is 0.100. The number of aliphatic hydroxyl groups excluding tert-OH is 1. The maximum atomic E-state index is 8.94. The molecule has 1 aromatic heterocycles. The first-order valence-electron chi connectivity index (χ1n) is 5.29. The summed E-state index contributed by atoms with van der Waals surface area (Å²) in [7, 11) is 0. The quantitative estimate of drug-likeness (QED) is 0.844. The molecule has 84 valence electrons. The van der Waals surface area contributed by atoms with Crippen molar-refractivity contribution in [2.24, 2.45) is 5.41 Å². The van der Waals surface area contributed by atoms with E-state index in [0.29, 0.717) is 12.0 Å². The van der Waals surface area contributed by atoms with E-state index in [1.54, 1.807) is 11.3 Å². The van der Waals surface area contributed by atoms with Gasteiger partial charge in [0.05, 0.1) is 0 Å². The second kappa shape index (κ2) is 4.95. The van der Waals surface area contributed by atoms with Crippen LogP contribution >= 0.6 is 27.3 Å². The highest BCUT2D eigenvalue weighted by Gasteiger charge is 2.41. The molecule has 1 aliphatic carbocycles. The van der Waals surface area contributed by atoms with Crippen LogP contribution in [-0.4, -0.2) is 18.3 Å². The number of nitrogens with one attached hydrogen (secondary N) is 1. The summed E-state index contributed by atoms with van der Waals surface area (Å²) >= 11 is 5.30. The molecule has 2 rings (SSSR count). The molecule has 2 nitrogen and oxygen atoms in total. The minimum atomic E-state index is 0.324. The van der Waals surface area contributed by atoms with Crippen LogP contribution in [0, 0.1) is 5.41 Å². The summed E-state index contributed by atoms with van der Waals surface area (Å²) in [4.78, 5) is 1.36. The van der Waals surface area contributed by atoms with Gasteiger partial charge in [0.2, 0.25) is 0 Å². The number of hydrogen-bond acceptors (Lipinski definition) is 3. The smallest absolute Gasteiger partial charge is 0.0436 e. The van der Waals surface area contributed by atoms with E-state index < -0.39 is 0 Å². The second-order valence-corrected chi connectivity index (χ2v) is 6.12. The number of hydrogen-bond donors (Lipinski definition) is 2. The number of rotatable bonds is 6. The third kappa shape index (κ3) is 3.03. The van der Waals surface area contributed by atoms with Crippen molar-refractivity contribution >= 4 is 27.3 Å². The molecule has 0 aliphatic heterocycles. The van der Waals surface area contributed by atoms with Crippen LogP contribution in [0.5, 0.6) is 0 Å². The molecular formula is C11H16BrNOS. The molecule has 1 saturated carbocycles. The fourth-order valence-electron chi connectivity index (χ4n) is 1.82. The minimum absolute atomic E-state index is 0.324. The highest BCUT2D eigenvalue weighted by molar-refractivity contribution is 9.10. The first kappa shape index (κ1) is 11.6. The SMILES string of the molecule is OCCC1(CNCc2sccc2Br)CC1. The van der Waals surface area contributed by atoms with Crippen molar-refractivity contribution in [2.45, 2.75) is 25.8 Å². The summed E-state index contributed by atoms with van der Waals surface area (Å²) in [5.41, 5.74) is 0.415. The number of halogens is 1. The van der Waals surface area contributed by atoms with Crippen LogP contribution in [0.2, 0.25) is 0 Å².